The number of hydrogen-bond acceptors (Lipinski definition) is 20. The number of benzene rings is 2. The summed E-state index contributed by atoms with van der Waals surface area (Å²) in [5, 5.41) is 21.2. The van der Waals surface area contributed by atoms with E-state index in [0.29, 0.717) is 70.7 Å². The predicted octanol–water partition coefficient (Wildman–Crippen LogP) is 5.66. The molecule has 0 amide bonds. The molecule has 0 bridgehead atoms. The predicted molar refractivity (Wildman–Crippen MR) is 272 cm³/mol. The van der Waals surface area contributed by atoms with Crippen molar-refractivity contribution in [2.75, 3.05) is 24.2 Å². The molecule has 0 spiro atoms. The lowest BCUT2D eigenvalue weighted by Gasteiger charge is -2.25. The normalized spacial score (nSPS) is 14.6. The van der Waals surface area contributed by atoms with Crippen LogP contribution in [0.25, 0.3) is 22.3 Å². The number of anilines is 2. The number of carbonyl (C=O) groups excluding carboxylic acids is 2. The molecular formula is C46H62N12O14P2. The number of esters is 2. The van der Waals surface area contributed by atoms with Crippen LogP contribution in [0.5, 0.6) is 11.5 Å². The molecule has 26 nitrogen and oxygen atoms in total. The van der Waals surface area contributed by atoms with Crippen LogP contribution in [0.15, 0.2) is 98.1 Å². The van der Waals surface area contributed by atoms with Crippen LogP contribution >= 0.6 is 15.0 Å². The first-order valence-electron chi connectivity index (χ1n) is 22.8. The topological polar surface area (TPSA) is 362 Å². The van der Waals surface area contributed by atoms with Crippen molar-refractivity contribution in [2.24, 2.45) is 0 Å². The first-order valence-corrected chi connectivity index (χ1v) is 26.4. The molecule has 74 heavy (non-hydrogen) atoms. The SMILES string of the molecule is CC(C)OC(=O)C(C)NP(=O)(COC(C)Cn1cnc2c(N)ncnc21)Oc1ccccc1.CC(C)OC(=O)C(C)NP(=O)(COC(C)Cn1cnc2c(N)ncnc21)Oc1ccccc1.O=C(O)/C=C/C(=O)O. The number of nitrogen functional groups attached to an aromatic ring is 2. The molecule has 8 N–H and O–H groups in total. The molecule has 4 heterocycles. The van der Waals surface area contributed by atoms with E-state index in [1.807, 2.05) is 26.0 Å². The third-order valence-electron chi connectivity index (χ3n) is 9.38. The van der Waals surface area contributed by atoms with Crippen LogP contribution in [0.4, 0.5) is 11.6 Å². The van der Waals surface area contributed by atoms with Crippen molar-refractivity contribution < 1.29 is 66.5 Å². The molecule has 6 rings (SSSR count). The summed E-state index contributed by atoms with van der Waals surface area (Å²) in [6.07, 6.45) is 5.14. The minimum absolute atomic E-state index is 0.272. The van der Waals surface area contributed by atoms with E-state index in [4.69, 9.17) is 49.7 Å². The Morgan fingerprint density at radius 2 is 0.932 bits per heavy atom. The van der Waals surface area contributed by atoms with Gasteiger partial charge in [-0.05, 0) is 79.7 Å². The van der Waals surface area contributed by atoms with Crippen LogP contribution in [0.3, 0.4) is 0 Å². The molecule has 0 aliphatic rings. The van der Waals surface area contributed by atoms with E-state index in [1.165, 1.54) is 12.7 Å². The fourth-order valence-corrected chi connectivity index (χ4v) is 9.74. The number of carbonyl (C=O) groups is 4. The second kappa shape index (κ2) is 28.2. The van der Waals surface area contributed by atoms with Crippen molar-refractivity contribution in [1.82, 2.24) is 49.2 Å². The van der Waals surface area contributed by atoms with Crippen molar-refractivity contribution in [3.8, 4) is 11.5 Å². The molecule has 28 heteroatoms. The van der Waals surface area contributed by atoms with Gasteiger partial charge in [0.1, 0.15) is 60.0 Å². The van der Waals surface area contributed by atoms with E-state index < -0.39 is 51.0 Å². The van der Waals surface area contributed by atoms with Gasteiger partial charge >= 0.3 is 38.9 Å². The maximum atomic E-state index is 13.6. The highest BCUT2D eigenvalue weighted by Gasteiger charge is 2.33. The molecular weight excluding hydrogens is 1010 g/mol. The summed E-state index contributed by atoms with van der Waals surface area (Å²) in [6.45, 7) is 14.5. The molecule has 0 fully saturated rings. The minimum Gasteiger partial charge on any atom is -0.478 e. The number of rotatable bonds is 24. The number of nitrogens with zero attached hydrogens (tertiary/aromatic N) is 8. The molecule has 0 saturated heterocycles. The number of nitrogens with two attached hydrogens (primary N) is 2. The van der Waals surface area contributed by atoms with Crippen molar-refractivity contribution in [1.29, 1.82) is 0 Å². The smallest absolute Gasteiger partial charge is 0.342 e. The van der Waals surface area contributed by atoms with Gasteiger partial charge in [-0.3, -0.25) is 18.7 Å². The van der Waals surface area contributed by atoms with E-state index in [1.54, 1.807) is 112 Å². The fraction of sp³-hybridized carbons (Fsp3) is 0.391. The third-order valence-corrected chi connectivity index (χ3v) is 12.9. The van der Waals surface area contributed by atoms with Crippen LogP contribution in [-0.4, -0.2) is 122 Å². The lowest BCUT2D eigenvalue weighted by atomic mass is 10.3. The van der Waals surface area contributed by atoms with Crippen LogP contribution < -0.4 is 30.7 Å². The van der Waals surface area contributed by atoms with E-state index in [-0.39, 0.29) is 37.1 Å². The number of nitrogens with one attached hydrogen (secondary N) is 2. The van der Waals surface area contributed by atoms with Gasteiger partial charge in [-0.15, -0.1) is 0 Å². The Labute approximate surface area is 426 Å². The van der Waals surface area contributed by atoms with Gasteiger partial charge in [0.2, 0.25) is 0 Å². The average Bonchev–Trinajstić information content (AvgIpc) is 3.95. The number of fused-ring (bicyclic) bond motifs is 2. The molecule has 6 atom stereocenters. The fourth-order valence-electron chi connectivity index (χ4n) is 6.16. The Morgan fingerprint density at radius 3 is 1.26 bits per heavy atom. The number of carboxylic acid groups (broad SMARTS) is 2. The molecule has 0 radical (unpaired) electrons. The van der Waals surface area contributed by atoms with Gasteiger partial charge in [0.05, 0.1) is 50.2 Å². The Bertz CT molecular complexity index is 2710. The Hall–Kier alpha value is -7.34. The van der Waals surface area contributed by atoms with Gasteiger partial charge < -0.3 is 58.8 Å². The van der Waals surface area contributed by atoms with E-state index in [2.05, 4.69) is 40.1 Å². The number of para-hydroxylation sites is 2. The summed E-state index contributed by atoms with van der Waals surface area (Å²) in [6, 6.07) is 15.7. The first-order chi connectivity index (χ1) is 35.0. The Morgan fingerprint density at radius 1 is 0.581 bits per heavy atom. The van der Waals surface area contributed by atoms with Crippen LogP contribution in [-0.2, 0) is 60.3 Å². The van der Waals surface area contributed by atoms with Crippen molar-refractivity contribution in [3.05, 3.63) is 98.1 Å². The lowest BCUT2D eigenvalue weighted by Crippen LogP contribution is -2.37. The zero-order valence-electron chi connectivity index (χ0n) is 42.0. The maximum Gasteiger partial charge on any atom is 0.342 e. The molecule has 0 aliphatic heterocycles. The molecule has 400 valence electrons. The summed E-state index contributed by atoms with van der Waals surface area (Å²) < 4.78 is 64.4. The summed E-state index contributed by atoms with van der Waals surface area (Å²) in [5.74, 6) is -2.21. The van der Waals surface area contributed by atoms with Crippen LogP contribution in [0.2, 0.25) is 0 Å². The Kier molecular flexibility index (Phi) is 22.6. The maximum absolute atomic E-state index is 13.6. The number of ether oxygens (including phenoxy) is 4. The van der Waals surface area contributed by atoms with Crippen molar-refractivity contribution in [2.45, 2.75) is 105 Å². The molecule has 6 aromatic rings. The minimum atomic E-state index is -3.64. The van der Waals surface area contributed by atoms with Gasteiger partial charge in [-0.2, -0.15) is 0 Å². The highest BCUT2D eigenvalue weighted by molar-refractivity contribution is 7.57. The van der Waals surface area contributed by atoms with Crippen LogP contribution in [0.1, 0.15) is 55.4 Å². The van der Waals surface area contributed by atoms with Gasteiger partial charge in [-0.1, -0.05) is 36.4 Å². The average molecular weight is 1070 g/mol. The van der Waals surface area contributed by atoms with E-state index >= 15 is 0 Å². The zero-order valence-corrected chi connectivity index (χ0v) is 43.7. The number of carboxylic acids is 2. The van der Waals surface area contributed by atoms with Gasteiger partial charge in [0.25, 0.3) is 0 Å². The molecule has 6 unspecified atom stereocenters. The summed E-state index contributed by atoms with van der Waals surface area (Å²) in [7, 11) is -7.28. The largest absolute Gasteiger partial charge is 0.478 e. The number of aliphatic carboxylic acids is 2. The summed E-state index contributed by atoms with van der Waals surface area (Å²) in [4.78, 5) is 68.4. The second-order valence-electron chi connectivity index (χ2n) is 16.7. The number of hydrogen-bond donors (Lipinski definition) is 6. The molecule has 2 aromatic carbocycles. The van der Waals surface area contributed by atoms with E-state index in [9.17, 15) is 28.3 Å². The highest BCUT2D eigenvalue weighted by Crippen LogP contribution is 2.45. The first kappa shape index (κ1) is 59.2. The second-order valence-corrected chi connectivity index (χ2v) is 20.8. The van der Waals surface area contributed by atoms with Crippen LogP contribution in [0, 0.1) is 0 Å². The Balaban J connectivity index is 0.000000279. The van der Waals surface area contributed by atoms with Crippen molar-refractivity contribution in [3.63, 3.8) is 0 Å². The number of aromatic nitrogens is 8. The van der Waals surface area contributed by atoms with Gasteiger partial charge in [0, 0.05) is 12.2 Å². The van der Waals surface area contributed by atoms with E-state index in [0.717, 1.165) is 0 Å². The highest BCUT2D eigenvalue weighted by atomic mass is 31.2. The molecule has 0 aliphatic carbocycles. The summed E-state index contributed by atoms with van der Waals surface area (Å²) in [5.41, 5.74) is 13.8. The molecule has 4 aromatic heterocycles. The monoisotopic (exact) mass is 1070 g/mol. The van der Waals surface area contributed by atoms with Gasteiger partial charge in [-0.25, -0.2) is 49.7 Å². The standard InChI is InChI=1S/2C21H29N6O5P.C4H4O4/c2*1-14(2)31-21(28)16(4)26-33(29,32-17-8-6-5-7-9-17)13-30-15(3)10-27-12-25-18-19(22)23-11-24-20(18)27;5-3(6)1-2-4(7)8/h2*5-9,11-12,14-16H,10,13H2,1-4H3,(H,26,29)(H2,22,23,24);1-2H,(H,5,6)(H,7,8)/b;;2-1+. The zero-order chi connectivity index (χ0) is 54.6. The number of imidazole rings is 2. The van der Waals surface area contributed by atoms with Crippen molar-refractivity contribution >= 4 is 72.9 Å². The summed E-state index contributed by atoms with van der Waals surface area (Å²) >= 11 is 0. The molecule has 0 saturated carbocycles. The van der Waals surface area contributed by atoms with Gasteiger partial charge in [0.15, 0.2) is 22.9 Å². The lowest BCUT2D eigenvalue weighted by molar-refractivity contribution is -0.149. The third kappa shape index (κ3) is 19.6. The quantitative estimate of drug-likeness (QED) is 0.0242.